The summed E-state index contributed by atoms with van der Waals surface area (Å²) in [5, 5.41) is 4.35. The molecule has 0 amide bonds. The van der Waals surface area contributed by atoms with E-state index >= 15 is 0 Å². The molecular weight excluding hydrogens is 287 g/mol. The normalized spacial score (nSPS) is 10.8. The van der Waals surface area contributed by atoms with Gasteiger partial charge in [0.05, 0.1) is 5.52 Å². The van der Waals surface area contributed by atoms with E-state index in [2.05, 4.69) is 10.3 Å². The standard InChI is InChI=1S/C17H14ClFN2/c1-20-13-8-15(18)14(16(19)9-13)7-11-6-12-4-2-3-5-17(12)21-10-11/h2-6,8-10,20H,7H2,1H3. The number of aromatic nitrogens is 1. The van der Waals surface area contributed by atoms with Crippen molar-refractivity contribution in [3.8, 4) is 0 Å². The van der Waals surface area contributed by atoms with Gasteiger partial charge in [-0.3, -0.25) is 4.98 Å². The summed E-state index contributed by atoms with van der Waals surface area (Å²) < 4.78 is 14.2. The van der Waals surface area contributed by atoms with Crippen LogP contribution in [0.3, 0.4) is 0 Å². The highest BCUT2D eigenvalue weighted by atomic mass is 35.5. The molecule has 2 nitrogen and oxygen atoms in total. The highest BCUT2D eigenvalue weighted by Gasteiger charge is 2.11. The zero-order chi connectivity index (χ0) is 14.8. The quantitative estimate of drug-likeness (QED) is 0.761. The van der Waals surface area contributed by atoms with Crippen LogP contribution in [-0.4, -0.2) is 12.0 Å². The molecule has 4 heteroatoms. The lowest BCUT2D eigenvalue weighted by Gasteiger charge is -2.09. The Bertz CT molecular complexity index is 779. The van der Waals surface area contributed by atoms with Gasteiger partial charge in [0.1, 0.15) is 5.82 Å². The van der Waals surface area contributed by atoms with E-state index in [0.29, 0.717) is 22.7 Å². The van der Waals surface area contributed by atoms with Crippen LogP contribution in [0.15, 0.2) is 48.7 Å². The average Bonchev–Trinajstić information content (AvgIpc) is 2.50. The maximum absolute atomic E-state index is 14.2. The van der Waals surface area contributed by atoms with Crippen LogP contribution in [0.25, 0.3) is 10.9 Å². The Morgan fingerprint density at radius 2 is 2.00 bits per heavy atom. The Kier molecular flexibility index (Phi) is 3.76. The SMILES string of the molecule is CNc1cc(F)c(Cc2cnc3ccccc3c2)c(Cl)c1. The summed E-state index contributed by atoms with van der Waals surface area (Å²) in [6.07, 6.45) is 2.19. The van der Waals surface area contributed by atoms with Gasteiger partial charge in [-0.2, -0.15) is 0 Å². The lowest BCUT2D eigenvalue weighted by Crippen LogP contribution is -1.98. The van der Waals surface area contributed by atoms with Gasteiger partial charge in [0.15, 0.2) is 0 Å². The molecule has 2 aromatic carbocycles. The molecule has 0 fully saturated rings. The second-order valence-electron chi connectivity index (χ2n) is 4.88. The van der Waals surface area contributed by atoms with E-state index in [-0.39, 0.29) is 5.82 Å². The molecule has 0 saturated heterocycles. The lowest BCUT2D eigenvalue weighted by molar-refractivity contribution is 0.614. The summed E-state index contributed by atoms with van der Waals surface area (Å²) in [5.74, 6) is -0.306. The van der Waals surface area contributed by atoms with Crippen LogP contribution in [-0.2, 0) is 6.42 Å². The summed E-state index contributed by atoms with van der Waals surface area (Å²) in [7, 11) is 1.73. The molecule has 0 aliphatic carbocycles. The summed E-state index contributed by atoms with van der Waals surface area (Å²) >= 11 is 6.18. The van der Waals surface area contributed by atoms with Crippen LogP contribution in [0.1, 0.15) is 11.1 Å². The van der Waals surface area contributed by atoms with Gasteiger partial charge in [0.2, 0.25) is 0 Å². The summed E-state index contributed by atoms with van der Waals surface area (Å²) in [6.45, 7) is 0. The van der Waals surface area contributed by atoms with Gasteiger partial charge in [-0.05, 0) is 29.8 Å². The van der Waals surface area contributed by atoms with Gasteiger partial charge in [-0.25, -0.2) is 4.39 Å². The van der Waals surface area contributed by atoms with Crippen molar-refractivity contribution in [3.05, 3.63) is 70.6 Å². The molecule has 0 spiro atoms. The van der Waals surface area contributed by atoms with E-state index < -0.39 is 0 Å². The molecule has 3 rings (SSSR count). The number of nitrogens with zero attached hydrogens (tertiary/aromatic N) is 1. The van der Waals surface area contributed by atoms with Crippen LogP contribution >= 0.6 is 11.6 Å². The van der Waals surface area contributed by atoms with Crippen molar-refractivity contribution in [2.45, 2.75) is 6.42 Å². The van der Waals surface area contributed by atoms with Crippen LogP contribution in [0.4, 0.5) is 10.1 Å². The fraction of sp³-hybridized carbons (Fsp3) is 0.118. The number of halogens is 2. The van der Waals surface area contributed by atoms with E-state index in [0.717, 1.165) is 16.5 Å². The first-order valence-electron chi connectivity index (χ1n) is 6.66. The van der Waals surface area contributed by atoms with Crippen LogP contribution in [0.2, 0.25) is 5.02 Å². The molecular formula is C17H14ClFN2. The largest absolute Gasteiger partial charge is 0.388 e. The second-order valence-corrected chi connectivity index (χ2v) is 5.29. The molecule has 0 aliphatic heterocycles. The van der Waals surface area contributed by atoms with E-state index in [4.69, 9.17) is 11.6 Å². The van der Waals surface area contributed by atoms with Crippen molar-refractivity contribution in [2.75, 3.05) is 12.4 Å². The number of hydrogen-bond acceptors (Lipinski definition) is 2. The van der Waals surface area contributed by atoms with Gasteiger partial charge in [0, 0.05) is 41.3 Å². The Morgan fingerprint density at radius 1 is 1.19 bits per heavy atom. The summed E-state index contributed by atoms with van der Waals surface area (Å²) in [4.78, 5) is 4.39. The highest BCUT2D eigenvalue weighted by Crippen LogP contribution is 2.27. The zero-order valence-electron chi connectivity index (χ0n) is 11.5. The van der Waals surface area contributed by atoms with E-state index in [1.54, 1.807) is 19.3 Å². The second kappa shape index (κ2) is 5.70. The number of para-hydroxylation sites is 1. The Morgan fingerprint density at radius 3 is 2.76 bits per heavy atom. The summed E-state index contributed by atoms with van der Waals surface area (Å²) in [6, 6.07) is 13.1. The Balaban J connectivity index is 1.98. The smallest absolute Gasteiger partial charge is 0.130 e. The lowest BCUT2D eigenvalue weighted by atomic mass is 10.0. The van der Waals surface area contributed by atoms with E-state index in [1.807, 2.05) is 30.3 Å². The van der Waals surface area contributed by atoms with Crippen LogP contribution in [0.5, 0.6) is 0 Å². The van der Waals surface area contributed by atoms with Crippen molar-refractivity contribution >= 4 is 28.2 Å². The van der Waals surface area contributed by atoms with Crippen LogP contribution < -0.4 is 5.32 Å². The number of anilines is 1. The summed E-state index contributed by atoms with van der Waals surface area (Å²) in [5.41, 5.74) is 3.02. The molecule has 21 heavy (non-hydrogen) atoms. The topological polar surface area (TPSA) is 24.9 Å². The van der Waals surface area contributed by atoms with Crippen molar-refractivity contribution in [3.63, 3.8) is 0 Å². The predicted octanol–water partition coefficient (Wildman–Crippen LogP) is 4.66. The first-order valence-corrected chi connectivity index (χ1v) is 7.04. The first kappa shape index (κ1) is 13.8. The number of hydrogen-bond donors (Lipinski definition) is 1. The van der Waals surface area contributed by atoms with Crippen LogP contribution in [0, 0.1) is 5.82 Å². The fourth-order valence-corrected chi connectivity index (χ4v) is 2.61. The molecule has 0 radical (unpaired) electrons. The minimum Gasteiger partial charge on any atom is -0.388 e. The van der Waals surface area contributed by atoms with Gasteiger partial charge in [0.25, 0.3) is 0 Å². The average molecular weight is 301 g/mol. The van der Waals surface area contributed by atoms with Gasteiger partial charge in [-0.15, -0.1) is 0 Å². The molecule has 1 N–H and O–H groups in total. The third-order valence-corrected chi connectivity index (χ3v) is 3.79. The number of fused-ring (bicyclic) bond motifs is 1. The van der Waals surface area contributed by atoms with Crippen molar-refractivity contribution in [1.82, 2.24) is 4.98 Å². The monoisotopic (exact) mass is 300 g/mol. The van der Waals surface area contributed by atoms with Crippen molar-refractivity contribution in [2.24, 2.45) is 0 Å². The first-order chi connectivity index (χ1) is 10.2. The predicted molar refractivity (Wildman–Crippen MR) is 85.5 cm³/mol. The molecule has 0 atom stereocenters. The molecule has 1 aromatic heterocycles. The third-order valence-electron chi connectivity index (χ3n) is 3.46. The van der Waals surface area contributed by atoms with E-state index in [9.17, 15) is 4.39 Å². The molecule has 106 valence electrons. The highest BCUT2D eigenvalue weighted by molar-refractivity contribution is 6.31. The van der Waals surface area contributed by atoms with Crippen molar-refractivity contribution < 1.29 is 4.39 Å². The Labute approximate surface area is 127 Å². The minimum absolute atomic E-state index is 0.306. The van der Waals surface area contributed by atoms with Gasteiger partial charge >= 0.3 is 0 Å². The molecule has 0 aliphatic rings. The zero-order valence-corrected chi connectivity index (χ0v) is 12.3. The molecule has 0 bridgehead atoms. The third kappa shape index (κ3) is 2.83. The molecule has 0 saturated carbocycles. The maximum Gasteiger partial charge on any atom is 0.130 e. The number of rotatable bonds is 3. The van der Waals surface area contributed by atoms with E-state index in [1.165, 1.54) is 6.07 Å². The molecule has 0 unspecified atom stereocenters. The fourth-order valence-electron chi connectivity index (χ4n) is 2.33. The van der Waals surface area contributed by atoms with Gasteiger partial charge in [-0.1, -0.05) is 29.8 Å². The number of pyridine rings is 1. The molecule has 3 aromatic rings. The Hall–Kier alpha value is -2.13. The van der Waals surface area contributed by atoms with Gasteiger partial charge < -0.3 is 5.32 Å². The maximum atomic E-state index is 14.2. The number of nitrogens with one attached hydrogen (secondary N) is 1. The van der Waals surface area contributed by atoms with Crippen molar-refractivity contribution in [1.29, 1.82) is 0 Å². The number of benzene rings is 2. The minimum atomic E-state index is -0.306. The molecule has 1 heterocycles.